The van der Waals surface area contributed by atoms with E-state index in [0.717, 1.165) is 16.2 Å². The third-order valence-electron chi connectivity index (χ3n) is 6.05. The van der Waals surface area contributed by atoms with Crippen molar-refractivity contribution in [1.29, 1.82) is 0 Å². The number of likely N-dealkylation sites (tertiary alicyclic amines) is 1. The summed E-state index contributed by atoms with van der Waals surface area (Å²) in [5.74, 6) is -0.781. The molecule has 2 aliphatic heterocycles. The molecule has 2 aromatic carbocycles. The summed E-state index contributed by atoms with van der Waals surface area (Å²) in [6, 6.07) is 16.9. The van der Waals surface area contributed by atoms with Gasteiger partial charge in [0.1, 0.15) is 6.54 Å². The highest BCUT2D eigenvalue weighted by Crippen LogP contribution is 2.36. The second-order valence-electron chi connectivity index (χ2n) is 8.00. The van der Waals surface area contributed by atoms with Crippen LogP contribution in [0.3, 0.4) is 0 Å². The normalized spacial score (nSPS) is 22.0. The number of carbonyl (C=O) groups excluding carboxylic acids is 3. The first-order chi connectivity index (χ1) is 14.4. The number of imide groups is 1. The first kappa shape index (κ1) is 20.4. The first-order valence-electron chi connectivity index (χ1n) is 10.1. The summed E-state index contributed by atoms with van der Waals surface area (Å²) in [7, 11) is 0. The lowest BCUT2D eigenvalue weighted by atomic mass is 9.81. The van der Waals surface area contributed by atoms with Crippen LogP contribution in [0.2, 0.25) is 5.02 Å². The van der Waals surface area contributed by atoms with Gasteiger partial charge in [0.05, 0.1) is 5.41 Å². The van der Waals surface area contributed by atoms with E-state index in [1.165, 1.54) is 0 Å². The summed E-state index contributed by atoms with van der Waals surface area (Å²) in [6.45, 7) is 4.06. The predicted octanol–water partition coefficient (Wildman–Crippen LogP) is 2.71. The molecule has 1 atom stereocenters. The number of hydrogen-bond acceptors (Lipinski definition) is 4. The highest BCUT2D eigenvalue weighted by atomic mass is 35.5. The molecule has 2 saturated heterocycles. The van der Waals surface area contributed by atoms with E-state index in [0.29, 0.717) is 31.2 Å². The molecule has 1 unspecified atom stereocenters. The van der Waals surface area contributed by atoms with Crippen LogP contribution >= 0.6 is 11.6 Å². The topological polar surface area (TPSA) is 60.9 Å². The number of anilines is 1. The molecule has 2 aliphatic rings. The van der Waals surface area contributed by atoms with Crippen LogP contribution < -0.4 is 4.90 Å². The van der Waals surface area contributed by atoms with Crippen LogP contribution in [0.25, 0.3) is 0 Å². The van der Waals surface area contributed by atoms with Gasteiger partial charge in [-0.15, -0.1) is 0 Å². The fourth-order valence-electron chi connectivity index (χ4n) is 4.18. The molecule has 0 radical (unpaired) electrons. The zero-order valence-corrected chi connectivity index (χ0v) is 17.6. The third kappa shape index (κ3) is 3.79. The van der Waals surface area contributed by atoms with Crippen LogP contribution in [-0.4, -0.2) is 60.2 Å². The lowest BCUT2D eigenvalue weighted by Gasteiger charge is -2.36. The number of rotatable bonds is 4. The maximum absolute atomic E-state index is 13.0. The minimum atomic E-state index is -0.911. The van der Waals surface area contributed by atoms with Gasteiger partial charge >= 0.3 is 0 Å². The second kappa shape index (κ2) is 8.11. The van der Waals surface area contributed by atoms with Crippen LogP contribution in [0.1, 0.15) is 18.9 Å². The van der Waals surface area contributed by atoms with Crippen molar-refractivity contribution in [3.8, 4) is 0 Å². The molecule has 0 aliphatic carbocycles. The van der Waals surface area contributed by atoms with E-state index in [1.54, 1.807) is 11.8 Å². The number of hydrogen-bond donors (Lipinski definition) is 0. The summed E-state index contributed by atoms with van der Waals surface area (Å²) in [6.07, 6.45) is 0.0907. The van der Waals surface area contributed by atoms with Crippen molar-refractivity contribution in [3.63, 3.8) is 0 Å². The number of amides is 3. The van der Waals surface area contributed by atoms with Crippen molar-refractivity contribution in [1.82, 2.24) is 9.80 Å². The Balaban J connectivity index is 1.38. The number of halogens is 1. The van der Waals surface area contributed by atoms with Gasteiger partial charge in [-0.1, -0.05) is 41.9 Å². The monoisotopic (exact) mass is 425 g/mol. The van der Waals surface area contributed by atoms with E-state index >= 15 is 0 Å². The number of carbonyl (C=O) groups is 3. The Morgan fingerprint density at radius 1 is 0.967 bits per heavy atom. The standard InChI is InChI=1S/C23H24ClN3O3/c1-23(17-5-3-2-4-6-17)15-20(28)27(22(23)30)16-21(29)26-13-11-25(12-14-26)19-9-7-18(24)8-10-19/h2-10H,11-16H2,1H3. The fraction of sp³-hybridized carbons (Fsp3) is 0.348. The Hall–Kier alpha value is -2.86. The van der Waals surface area contributed by atoms with Crippen LogP contribution in [0.15, 0.2) is 54.6 Å². The smallest absolute Gasteiger partial charge is 0.242 e. The summed E-state index contributed by atoms with van der Waals surface area (Å²) < 4.78 is 0. The van der Waals surface area contributed by atoms with E-state index in [2.05, 4.69) is 4.90 Å². The highest BCUT2D eigenvalue weighted by Gasteiger charge is 2.49. The van der Waals surface area contributed by atoms with E-state index in [1.807, 2.05) is 54.6 Å². The van der Waals surface area contributed by atoms with E-state index in [-0.39, 0.29) is 30.7 Å². The lowest BCUT2D eigenvalue weighted by Crippen LogP contribution is -2.52. The fourth-order valence-corrected chi connectivity index (χ4v) is 4.30. The minimum Gasteiger partial charge on any atom is -0.368 e. The minimum absolute atomic E-state index is 0.0907. The Bertz CT molecular complexity index is 955. The molecule has 0 bridgehead atoms. The van der Waals surface area contributed by atoms with Crippen molar-refractivity contribution in [3.05, 3.63) is 65.2 Å². The summed E-state index contributed by atoms with van der Waals surface area (Å²) >= 11 is 5.95. The Morgan fingerprint density at radius 3 is 2.23 bits per heavy atom. The van der Waals surface area contributed by atoms with E-state index < -0.39 is 5.41 Å². The zero-order chi connectivity index (χ0) is 21.3. The average Bonchev–Trinajstić information content (AvgIpc) is 2.99. The zero-order valence-electron chi connectivity index (χ0n) is 16.9. The van der Waals surface area contributed by atoms with Crippen molar-refractivity contribution >= 4 is 35.0 Å². The first-order valence-corrected chi connectivity index (χ1v) is 10.4. The maximum Gasteiger partial charge on any atom is 0.242 e. The molecule has 2 fully saturated rings. The Morgan fingerprint density at radius 2 is 1.60 bits per heavy atom. The van der Waals surface area contributed by atoms with Crippen LogP contribution in [0.5, 0.6) is 0 Å². The lowest BCUT2D eigenvalue weighted by molar-refractivity contribution is -0.146. The van der Waals surface area contributed by atoms with Gasteiger partial charge < -0.3 is 9.80 Å². The van der Waals surface area contributed by atoms with Gasteiger partial charge in [0.15, 0.2) is 0 Å². The highest BCUT2D eigenvalue weighted by molar-refractivity contribution is 6.30. The van der Waals surface area contributed by atoms with Gasteiger partial charge in [-0.3, -0.25) is 19.3 Å². The van der Waals surface area contributed by atoms with Gasteiger partial charge in [0, 0.05) is 43.3 Å². The van der Waals surface area contributed by atoms with Crippen LogP contribution in [-0.2, 0) is 19.8 Å². The van der Waals surface area contributed by atoms with Crippen molar-refractivity contribution in [2.45, 2.75) is 18.8 Å². The molecule has 0 spiro atoms. The quantitative estimate of drug-likeness (QED) is 0.707. The van der Waals surface area contributed by atoms with Gasteiger partial charge in [-0.25, -0.2) is 0 Å². The Labute approximate surface area is 181 Å². The molecule has 3 amide bonds. The number of piperazine rings is 1. The molecule has 30 heavy (non-hydrogen) atoms. The van der Waals surface area contributed by atoms with E-state index in [4.69, 9.17) is 11.6 Å². The third-order valence-corrected chi connectivity index (χ3v) is 6.30. The molecule has 7 heteroatoms. The molecule has 0 saturated carbocycles. The molecule has 6 nitrogen and oxygen atoms in total. The molecule has 0 aromatic heterocycles. The molecule has 4 rings (SSSR count). The van der Waals surface area contributed by atoms with Gasteiger partial charge in [-0.2, -0.15) is 0 Å². The maximum atomic E-state index is 13.0. The van der Waals surface area contributed by atoms with Crippen LogP contribution in [0, 0.1) is 0 Å². The molecule has 2 heterocycles. The van der Waals surface area contributed by atoms with Crippen molar-refractivity contribution < 1.29 is 14.4 Å². The summed E-state index contributed by atoms with van der Waals surface area (Å²) in [5, 5.41) is 0.690. The molecule has 2 aromatic rings. The molecular weight excluding hydrogens is 402 g/mol. The molecular formula is C23H24ClN3O3. The summed E-state index contributed by atoms with van der Waals surface area (Å²) in [5.41, 5.74) is 0.955. The van der Waals surface area contributed by atoms with Gasteiger partial charge in [-0.05, 0) is 36.8 Å². The number of nitrogens with zero attached hydrogens (tertiary/aromatic N) is 3. The number of benzene rings is 2. The SMILES string of the molecule is CC1(c2ccccc2)CC(=O)N(CC(=O)N2CCN(c3ccc(Cl)cc3)CC2)C1=O. The van der Waals surface area contributed by atoms with E-state index in [9.17, 15) is 14.4 Å². The van der Waals surface area contributed by atoms with Crippen molar-refractivity contribution in [2.75, 3.05) is 37.6 Å². The average molecular weight is 426 g/mol. The van der Waals surface area contributed by atoms with Crippen LogP contribution in [0.4, 0.5) is 5.69 Å². The second-order valence-corrected chi connectivity index (χ2v) is 8.44. The van der Waals surface area contributed by atoms with Crippen molar-refractivity contribution in [2.24, 2.45) is 0 Å². The largest absolute Gasteiger partial charge is 0.368 e. The Kier molecular flexibility index (Phi) is 5.52. The molecule has 156 valence electrons. The van der Waals surface area contributed by atoms with Gasteiger partial charge in [0.25, 0.3) is 0 Å². The molecule has 0 N–H and O–H groups in total. The summed E-state index contributed by atoms with van der Waals surface area (Å²) in [4.78, 5) is 43.5. The predicted molar refractivity (Wildman–Crippen MR) is 115 cm³/mol. The van der Waals surface area contributed by atoms with Gasteiger partial charge in [0.2, 0.25) is 17.7 Å².